The second kappa shape index (κ2) is 11.1. The van der Waals surface area contributed by atoms with Crippen molar-refractivity contribution in [2.24, 2.45) is 10.9 Å². The molecule has 0 aliphatic carbocycles. The Balaban J connectivity index is 1.83. The van der Waals surface area contributed by atoms with Crippen molar-refractivity contribution in [3.8, 4) is 0 Å². The fourth-order valence-electron chi connectivity index (χ4n) is 5.08. The molecule has 0 bridgehead atoms. The lowest BCUT2D eigenvalue weighted by Gasteiger charge is -2.37. The molecule has 2 aliphatic rings. The first kappa shape index (κ1) is 25.7. The third-order valence-electron chi connectivity index (χ3n) is 7.32. The van der Waals surface area contributed by atoms with E-state index in [1.165, 1.54) is 0 Å². The van der Waals surface area contributed by atoms with Gasteiger partial charge in [-0.25, -0.2) is 0 Å². The van der Waals surface area contributed by atoms with E-state index in [4.69, 9.17) is 28.2 Å². The van der Waals surface area contributed by atoms with Crippen LogP contribution in [-0.4, -0.2) is 47.6 Å². The molecule has 4 rings (SSSR count). The molecule has 2 aromatic carbocycles. The van der Waals surface area contributed by atoms with Gasteiger partial charge in [0.2, 0.25) is 5.91 Å². The molecule has 0 radical (unpaired) electrons. The normalized spacial score (nSPS) is 21.3. The summed E-state index contributed by atoms with van der Waals surface area (Å²) in [6, 6.07) is 12.5. The Morgan fingerprint density at radius 1 is 1.11 bits per heavy atom. The van der Waals surface area contributed by atoms with E-state index >= 15 is 0 Å². The fourth-order valence-corrected chi connectivity index (χ4v) is 5.48. The molecule has 2 aliphatic heterocycles. The summed E-state index contributed by atoms with van der Waals surface area (Å²) in [5.41, 5.74) is 2.73. The molecular weight excluding hydrogens is 481 g/mol. The standard InChI is InChI=1S/C28H33Cl2N3O2/c1-4-18(3)26-28(35)33(17-25(34)32-15-9-8-10-20(32)5-2)24-14-13-19(29)16-22(24)27(31-26)21-11-6-7-12-23(21)30/h6-7,11-14,16,18,20,26H,4-5,8-10,15,17H2,1-3H3/t18-,20-,26+/m0/s1. The third kappa shape index (κ3) is 5.26. The summed E-state index contributed by atoms with van der Waals surface area (Å²) in [6.07, 6.45) is 4.84. The van der Waals surface area contributed by atoms with Gasteiger partial charge < -0.3 is 9.80 Å². The van der Waals surface area contributed by atoms with Crippen molar-refractivity contribution >= 4 is 46.4 Å². The van der Waals surface area contributed by atoms with Crippen LogP contribution in [0.2, 0.25) is 10.0 Å². The van der Waals surface area contributed by atoms with Crippen LogP contribution in [-0.2, 0) is 9.59 Å². The summed E-state index contributed by atoms with van der Waals surface area (Å²) in [7, 11) is 0. The largest absolute Gasteiger partial charge is 0.338 e. The van der Waals surface area contributed by atoms with Gasteiger partial charge in [0, 0.05) is 33.8 Å². The van der Waals surface area contributed by atoms with Crippen molar-refractivity contribution in [3.63, 3.8) is 0 Å². The first-order valence-corrected chi connectivity index (χ1v) is 13.3. The number of aliphatic imine (C=N–C) groups is 1. The number of carbonyl (C=O) groups excluding carboxylic acids is 2. The van der Waals surface area contributed by atoms with Gasteiger partial charge in [-0.1, -0.05) is 68.6 Å². The number of carbonyl (C=O) groups is 2. The van der Waals surface area contributed by atoms with Gasteiger partial charge in [-0.3, -0.25) is 14.6 Å². The van der Waals surface area contributed by atoms with Crippen molar-refractivity contribution in [1.82, 2.24) is 4.90 Å². The number of amides is 2. The Bertz CT molecular complexity index is 1130. The van der Waals surface area contributed by atoms with Gasteiger partial charge in [-0.2, -0.15) is 0 Å². The van der Waals surface area contributed by atoms with Crippen molar-refractivity contribution in [1.29, 1.82) is 0 Å². The number of anilines is 1. The molecule has 0 unspecified atom stereocenters. The number of rotatable bonds is 6. The highest BCUT2D eigenvalue weighted by molar-refractivity contribution is 6.37. The van der Waals surface area contributed by atoms with E-state index in [9.17, 15) is 9.59 Å². The molecule has 2 amide bonds. The van der Waals surface area contributed by atoms with Gasteiger partial charge in [0.1, 0.15) is 12.6 Å². The summed E-state index contributed by atoms with van der Waals surface area (Å²) in [5.74, 6) is -0.195. The zero-order valence-corrected chi connectivity index (χ0v) is 22.1. The van der Waals surface area contributed by atoms with E-state index in [0.29, 0.717) is 27.0 Å². The molecule has 0 aromatic heterocycles. The molecule has 2 heterocycles. The Morgan fingerprint density at radius 3 is 2.60 bits per heavy atom. The monoisotopic (exact) mass is 513 g/mol. The zero-order chi connectivity index (χ0) is 25.1. The number of nitrogens with zero attached hydrogens (tertiary/aromatic N) is 3. The molecule has 35 heavy (non-hydrogen) atoms. The molecule has 1 saturated heterocycles. The number of piperidine rings is 1. The number of benzodiazepines with no additional fused rings is 1. The minimum atomic E-state index is -0.631. The number of hydrogen-bond donors (Lipinski definition) is 0. The molecule has 2 aromatic rings. The Morgan fingerprint density at radius 2 is 1.89 bits per heavy atom. The molecule has 7 heteroatoms. The van der Waals surface area contributed by atoms with Crippen LogP contribution >= 0.6 is 23.2 Å². The van der Waals surface area contributed by atoms with Crippen LogP contribution < -0.4 is 4.90 Å². The number of hydrogen-bond acceptors (Lipinski definition) is 3. The molecule has 1 fully saturated rings. The first-order chi connectivity index (χ1) is 16.8. The summed E-state index contributed by atoms with van der Waals surface area (Å²) in [5, 5.41) is 1.09. The lowest BCUT2D eigenvalue weighted by Crippen LogP contribution is -2.51. The molecule has 186 valence electrons. The van der Waals surface area contributed by atoms with Crippen molar-refractivity contribution < 1.29 is 9.59 Å². The predicted molar refractivity (Wildman–Crippen MR) is 144 cm³/mol. The van der Waals surface area contributed by atoms with Crippen LogP contribution in [0.5, 0.6) is 0 Å². The lowest BCUT2D eigenvalue weighted by atomic mass is 9.97. The SMILES string of the molecule is CC[C@H]1CCCCN1C(=O)CN1C(=O)[C@@H]([C@@H](C)CC)N=C(c2ccccc2Cl)c2cc(Cl)ccc21. The Labute approximate surface area is 218 Å². The van der Waals surface area contributed by atoms with Crippen LogP contribution in [0.1, 0.15) is 64.0 Å². The number of fused-ring (bicyclic) bond motifs is 1. The first-order valence-electron chi connectivity index (χ1n) is 12.6. The Kier molecular flexibility index (Phi) is 8.18. The average molecular weight is 514 g/mol. The number of likely N-dealkylation sites (tertiary alicyclic amines) is 1. The highest BCUT2D eigenvalue weighted by Crippen LogP contribution is 2.34. The van der Waals surface area contributed by atoms with Gasteiger partial charge in [0.05, 0.1) is 11.4 Å². The van der Waals surface area contributed by atoms with E-state index < -0.39 is 6.04 Å². The van der Waals surface area contributed by atoms with E-state index in [1.807, 2.05) is 55.1 Å². The second-order valence-electron chi connectivity index (χ2n) is 9.52. The molecule has 0 spiro atoms. The molecule has 3 atom stereocenters. The van der Waals surface area contributed by atoms with Crippen LogP contribution in [0.25, 0.3) is 0 Å². The smallest absolute Gasteiger partial charge is 0.252 e. The van der Waals surface area contributed by atoms with E-state index in [2.05, 4.69) is 6.92 Å². The topological polar surface area (TPSA) is 53.0 Å². The van der Waals surface area contributed by atoms with Gasteiger partial charge in [0.15, 0.2) is 0 Å². The lowest BCUT2D eigenvalue weighted by molar-refractivity contribution is -0.135. The summed E-state index contributed by atoms with van der Waals surface area (Å²) in [6.45, 7) is 6.92. The summed E-state index contributed by atoms with van der Waals surface area (Å²) < 4.78 is 0. The molecular formula is C28H33Cl2N3O2. The van der Waals surface area contributed by atoms with Crippen LogP contribution in [0, 0.1) is 5.92 Å². The highest BCUT2D eigenvalue weighted by atomic mass is 35.5. The third-order valence-corrected chi connectivity index (χ3v) is 7.88. The maximum absolute atomic E-state index is 14.0. The van der Waals surface area contributed by atoms with Crippen molar-refractivity contribution in [2.45, 2.75) is 65.0 Å². The van der Waals surface area contributed by atoms with Crippen molar-refractivity contribution in [3.05, 3.63) is 63.6 Å². The summed E-state index contributed by atoms with van der Waals surface area (Å²) in [4.78, 5) is 36.2. The van der Waals surface area contributed by atoms with E-state index in [1.54, 1.807) is 11.0 Å². The molecule has 0 saturated carbocycles. The van der Waals surface area contributed by atoms with Gasteiger partial charge in [-0.05, 0) is 55.9 Å². The average Bonchev–Trinajstić information content (AvgIpc) is 2.98. The van der Waals surface area contributed by atoms with E-state index in [0.717, 1.165) is 44.2 Å². The second-order valence-corrected chi connectivity index (χ2v) is 10.4. The maximum Gasteiger partial charge on any atom is 0.252 e. The molecule has 5 nitrogen and oxygen atoms in total. The quantitative estimate of drug-likeness (QED) is 0.449. The predicted octanol–water partition coefficient (Wildman–Crippen LogP) is 6.38. The van der Waals surface area contributed by atoms with Gasteiger partial charge >= 0.3 is 0 Å². The molecule has 0 N–H and O–H groups in total. The minimum absolute atomic E-state index is 0.0117. The maximum atomic E-state index is 14.0. The highest BCUT2D eigenvalue weighted by Gasteiger charge is 2.37. The van der Waals surface area contributed by atoms with E-state index in [-0.39, 0.29) is 30.3 Å². The zero-order valence-electron chi connectivity index (χ0n) is 20.6. The van der Waals surface area contributed by atoms with Crippen LogP contribution in [0.15, 0.2) is 47.5 Å². The number of benzene rings is 2. The Hall–Kier alpha value is -2.37. The summed E-state index contributed by atoms with van der Waals surface area (Å²) >= 11 is 13.0. The van der Waals surface area contributed by atoms with Gasteiger partial charge in [-0.15, -0.1) is 0 Å². The fraction of sp³-hybridized carbons (Fsp3) is 0.464. The van der Waals surface area contributed by atoms with Gasteiger partial charge in [0.25, 0.3) is 5.91 Å². The van der Waals surface area contributed by atoms with Crippen molar-refractivity contribution in [2.75, 3.05) is 18.0 Å². The van der Waals surface area contributed by atoms with Crippen LogP contribution in [0.4, 0.5) is 5.69 Å². The van der Waals surface area contributed by atoms with Crippen LogP contribution in [0.3, 0.4) is 0 Å². The number of halogens is 2. The minimum Gasteiger partial charge on any atom is -0.338 e.